The Morgan fingerprint density at radius 3 is 2.60 bits per heavy atom. The first-order valence-electron chi connectivity index (χ1n) is 7.28. The summed E-state index contributed by atoms with van der Waals surface area (Å²) in [5.41, 5.74) is 3.38. The molecule has 0 unspecified atom stereocenters. The van der Waals surface area contributed by atoms with E-state index in [1.807, 2.05) is 12.1 Å². The van der Waals surface area contributed by atoms with E-state index in [0.29, 0.717) is 24.9 Å². The third-order valence-electron chi connectivity index (χ3n) is 3.71. The summed E-state index contributed by atoms with van der Waals surface area (Å²) in [4.78, 5) is 22.4. The van der Waals surface area contributed by atoms with Gasteiger partial charge in [0.1, 0.15) is 0 Å². The zero-order valence-corrected chi connectivity index (χ0v) is 11.7. The summed E-state index contributed by atoms with van der Waals surface area (Å²) < 4.78 is 0. The quantitative estimate of drug-likeness (QED) is 0.784. The highest BCUT2D eigenvalue weighted by molar-refractivity contribution is 5.94. The Morgan fingerprint density at radius 2 is 1.85 bits per heavy atom. The second-order valence-corrected chi connectivity index (χ2v) is 5.30. The van der Waals surface area contributed by atoms with Crippen molar-refractivity contribution in [3.8, 4) is 0 Å². The number of carbonyl (C=O) groups is 2. The van der Waals surface area contributed by atoms with Gasteiger partial charge < -0.3 is 10.4 Å². The van der Waals surface area contributed by atoms with E-state index < -0.39 is 5.97 Å². The van der Waals surface area contributed by atoms with Gasteiger partial charge in [0.2, 0.25) is 0 Å². The third kappa shape index (κ3) is 4.08. The van der Waals surface area contributed by atoms with Crippen molar-refractivity contribution in [3.63, 3.8) is 0 Å². The number of rotatable bonds is 6. The van der Waals surface area contributed by atoms with Crippen molar-refractivity contribution in [3.05, 3.63) is 34.9 Å². The number of aryl methyl sites for hydroxylation is 2. The molecular formula is C16H21NO3. The molecule has 1 amide bonds. The molecule has 0 saturated heterocycles. The average Bonchev–Trinajstić information content (AvgIpc) is 2.46. The van der Waals surface area contributed by atoms with E-state index in [2.05, 4.69) is 11.4 Å². The molecule has 0 saturated carbocycles. The molecule has 2 N–H and O–H groups in total. The van der Waals surface area contributed by atoms with Crippen LogP contribution < -0.4 is 5.32 Å². The second-order valence-electron chi connectivity index (χ2n) is 5.30. The van der Waals surface area contributed by atoms with Gasteiger partial charge in [-0.15, -0.1) is 0 Å². The summed E-state index contributed by atoms with van der Waals surface area (Å²) in [5, 5.41) is 11.4. The summed E-state index contributed by atoms with van der Waals surface area (Å²) in [6.07, 6.45) is 6.08. The highest BCUT2D eigenvalue weighted by atomic mass is 16.4. The molecule has 0 aliphatic heterocycles. The first-order valence-corrected chi connectivity index (χ1v) is 7.28. The number of carboxylic acids is 1. The number of carbonyl (C=O) groups excluding carboxylic acids is 1. The van der Waals surface area contributed by atoms with Crippen molar-refractivity contribution in [2.24, 2.45) is 0 Å². The molecule has 2 rings (SSSR count). The smallest absolute Gasteiger partial charge is 0.303 e. The number of aliphatic carboxylic acids is 1. The third-order valence-corrected chi connectivity index (χ3v) is 3.71. The van der Waals surface area contributed by atoms with E-state index in [4.69, 9.17) is 5.11 Å². The summed E-state index contributed by atoms with van der Waals surface area (Å²) in [6.45, 7) is 0.531. The van der Waals surface area contributed by atoms with Crippen LogP contribution in [0.5, 0.6) is 0 Å². The van der Waals surface area contributed by atoms with Gasteiger partial charge in [0.05, 0.1) is 0 Å². The maximum Gasteiger partial charge on any atom is 0.303 e. The molecule has 0 atom stereocenters. The van der Waals surface area contributed by atoms with Gasteiger partial charge in [0.25, 0.3) is 5.91 Å². The predicted octanol–water partition coefficient (Wildman–Crippen LogP) is 2.55. The summed E-state index contributed by atoms with van der Waals surface area (Å²) >= 11 is 0. The molecule has 20 heavy (non-hydrogen) atoms. The number of unbranched alkanes of at least 4 members (excludes halogenated alkanes) is 1. The van der Waals surface area contributed by atoms with E-state index in [-0.39, 0.29) is 12.3 Å². The maximum absolute atomic E-state index is 12.0. The lowest BCUT2D eigenvalue weighted by molar-refractivity contribution is -0.137. The lowest BCUT2D eigenvalue weighted by Crippen LogP contribution is -2.24. The minimum atomic E-state index is -0.786. The van der Waals surface area contributed by atoms with Crippen molar-refractivity contribution >= 4 is 11.9 Å². The van der Waals surface area contributed by atoms with Crippen LogP contribution in [0.4, 0.5) is 0 Å². The number of hydrogen-bond donors (Lipinski definition) is 2. The van der Waals surface area contributed by atoms with E-state index in [1.165, 1.54) is 24.0 Å². The molecule has 4 heteroatoms. The molecule has 1 aromatic carbocycles. The molecule has 1 aliphatic carbocycles. The Morgan fingerprint density at radius 1 is 1.10 bits per heavy atom. The monoisotopic (exact) mass is 275 g/mol. The van der Waals surface area contributed by atoms with Crippen LogP contribution in [0.1, 0.15) is 53.6 Å². The van der Waals surface area contributed by atoms with Crippen LogP contribution in [0.2, 0.25) is 0 Å². The highest BCUT2D eigenvalue weighted by Crippen LogP contribution is 2.22. The molecule has 1 aliphatic rings. The number of nitrogens with one attached hydrogen (secondary N) is 1. The van der Waals surface area contributed by atoms with Crippen LogP contribution in [0.25, 0.3) is 0 Å². The van der Waals surface area contributed by atoms with Gasteiger partial charge in [-0.3, -0.25) is 9.59 Å². The van der Waals surface area contributed by atoms with Gasteiger partial charge in [0.15, 0.2) is 0 Å². The van der Waals surface area contributed by atoms with Crippen molar-refractivity contribution in [2.75, 3.05) is 6.54 Å². The van der Waals surface area contributed by atoms with E-state index in [0.717, 1.165) is 12.8 Å². The van der Waals surface area contributed by atoms with Crippen molar-refractivity contribution in [1.82, 2.24) is 5.32 Å². The van der Waals surface area contributed by atoms with E-state index in [9.17, 15) is 9.59 Å². The molecule has 0 heterocycles. The number of hydrogen-bond acceptors (Lipinski definition) is 2. The van der Waals surface area contributed by atoms with Crippen molar-refractivity contribution in [1.29, 1.82) is 0 Å². The minimum absolute atomic E-state index is 0.0614. The van der Waals surface area contributed by atoms with Crippen LogP contribution in [-0.4, -0.2) is 23.5 Å². The fourth-order valence-electron chi connectivity index (χ4n) is 2.58. The second kappa shape index (κ2) is 7.08. The van der Waals surface area contributed by atoms with Crippen LogP contribution >= 0.6 is 0 Å². The Kier molecular flexibility index (Phi) is 5.16. The normalized spacial score (nSPS) is 13.6. The summed E-state index contributed by atoms with van der Waals surface area (Å²) in [5.74, 6) is -0.847. The number of carboxylic acid groups (broad SMARTS) is 1. The Labute approximate surface area is 119 Å². The molecular weight excluding hydrogens is 254 g/mol. The minimum Gasteiger partial charge on any atom is -0.481 e. The lowest BCUT2D eigenvalue weighted by atomic mass is 9.90. The molecule has 0 radical (unpaired) electrons. The first kappa shape index (κ1) is 14.6. The fraction of sp³-hybridized carbons (Fsp3) is 0.500. The van der Waals surface area contributed by atoms with Gasteiger partial charge in [-0.1, -0.05) is 6.07 Å². The Hall–Kier alpha value is -1.84. The predicted molar refractivity (Wildman–Crippen MR) is 76.9 cm³/mol. The maximum atomic E-state index is 12.0. The standard InChI is InChI=1S/C16H21NO3/c18-15(19)7-3-4-10-17-16(20)14-9-8-12-5-1-2-6-13(12)11-14/h8-9,11H,1-7,10H2,(H,17,20)(H,18,19). The Bertz CT molecular complexity index is 496. The zero-order chi connectivity index (χ0) is 14.4. The van der Waals surface area contributed by atoms with E-state index >= 15 is 0 Å². The van der Waals surface area contributed by atoms with Gasteiger partial charge >= 0.3 is 5.97 Å². The molecule has 0 fully saturated rings. The summed E-state index contributed by atoms with van der Waals surface area (Å²) in [7, 11) is 0. The van der Waals surface area contributed by atoms with Gasteiger partial charge in [0, 0.05) is 18.5 Å². The van der Waals surface area contributed by atoms with Gasteiger partial charge in [-0.05, 0) is 61.8 Å². The number of fused-ring (bicyclic) bond motifs is 1. The van der Waals surface area contributed by atoms with Crippen molar-refractivity contribution < 1.29 is 14.7 Å². The number of amides is 1. The first-order chi connectivity index (χ1) is 9.66. The number of benzene rings is 1. The molecule has 108 valence electrons. The zero-order valence-electron chi connectivity index (χ0n) is 11.7. The van der Waals surface area contributed by atoms with E-state index in [1.54, 1.807) is 0 Å². The molecule has 0 aromatic heterocycles. The van der Waals surface area contributed by atoms with Crippen LogP contribution in [0, 0.1) is 0 Å². The topological polar surface area (TPSA) is 66.4 Å². The van der Waals surface area contributed by atoms with Crippen LogP contribution in [0.3, 0.4) is 0 Å². The fourth-order valence-corrected chi connectivity index (χ4v) is 2.58. The van der Waals surface area contributed by atoms with Crippen LogP contribution in [0.15, 0.2) is 18.2 Å². The lowest BCUT2D eigenvalue weighted by Gasteiger charge is -2.16. The molecule has 0 bridgehead atoms. The highest BCUT2D eigenvalue weighted by Gasteiger charge is 2.12. The summed E-state index contributed by atoms with van der Waals surface area (Å²) in [6, 6.07) is 5.95. The molecule has 0 spiro atoms. The van der Waals surface area contributed by atoms with Crippen LogP contribution in [-0.2, 0) is 17.6 Å². The van der Waals surface area contributed by atoms with Crippen molar-refractivity contribution in [2.45, 2.75) is 44.9 Å². The Balaban J connectivity index is 1.82. The SMILES string of the molecule is O=C(O)CCCCNC(=O)c1ccc2c(c1)CCCC2. The van der Waals surface area contributed by atoms with Gasteiger partial charge in [-0.2, -0.15) is 0 Å². The van der Waals surface area contributed by atoms with Gasteiger partial charge in [-0.25, -0.2) is 0 Å². The molecule has 1 aromatic rings. The largest absolute Gasteiger partial charge is 0.481 e. The molecule has 4 nitrogen and oxygen atoms in total. The average molecular weight is 275 g/mol.